The number of carbonyl (C=O) groups is 1. The molecular formula is C11H12N2O2. The maximum Gasteiger partial charge on any atom is 0.241 e. The molecule has 78 valence electrons. The molecule has 1 aromatic carbocycles. The summed E-state index contributed by atoms with van der Waals surface area (Å²) in [5, 5.41) is 20.6. The first kappa shape index (κ1) is 11.1. The number of aromatic hydroxyl groups is 1. The van der Waals surface area contributed by atoms with Crippen molar-refractivity contribution in [2.24, 2.45) is 5.92 Å². The van der Waals surface area contributed by atoms with E-state index in [1.165, 1.54) is 6.07 Å². The third-order valence-electron chi connectivity index (χ3n) is 2.04. The summed E-state index contributed by atoms with van der Waals surface area (Å²) in [5.41, 5.74) is 0.330. The van der Waals surface area contributed by atoms with Crippen LogP contribution in [0.15, 0.2) is 24.3 Å². The number of carbonyl (C=O) groups excluding carboxylic acids is 1. The minimum absolute atomic E-state index is 0.00126. The Morgan fingerprint density at radius 2 is 2.27 bits per heavy atom. The molecule has 0 fully saturated rings. The van der Waals surface area contributed by atoms with Gasteiger partial charge in [-0.05, 0) is 18.6 Å². The van der Waals surface area contributed by atoms with E-state index in [2.05, 4.69) is 5.32 Å². The van der Waals surface area contributed by atoms with Crippen molar-refractivity contribution in [1.29, 1.82) is 5.26 Å². The summed E-state index contributed by atoms with van der Waals surface area (Å²) in [4.78, 5) is 11.5. The van der Waals surface area contributed by atoms with E-state index in [1.54, 1.807) is 25.1 Å². The van der Waals surface area contributed by atoms with Gasteiger partial charge in [-0.2, -0.15) is 5.26 Å². The van der Waals surface area contributed by atoms with Crippen LogP contribution in [0.25, 0.3) is 0 Å². The lowest BCUT2D eigenvalue weighted by molar-refractivity contribution is -0.118. The molecule has 0 spiro atoms. The number of nitrogens with zero attached hydrogens (tertiary/aromatic N) is 1. The molecule has 0 saturated carbocycles. The molecule has 4 heteroatoms. The molecule has 0 heterocycles. The summed E-state index contributed by atoms with van der Waals surface area (Å²) in [6.45, 7) is 1.76. The second-order valence-electron chi connectivity index (χ2n) is 3.10. The molecule has 0 aliphatic heterocycles. The highest BCUT2D eigenvalue weighted by molar-refractivity contribution is 5.95. The zero-order valence-corrected chi connectivity index (χ0v) is 8.40. The van der Waals surface area contributed by atoms with Crippen molar-refractivity contribution in [2.45, 2.75) is 13.3 Å². The van der Waals surface area contributed by atoms with Crippen LogP contribution >= 0.6 is 0 Å². The molecule has 1 rings (SSSR count). The van der Waals surface area contributed by atoms with E-state index in [-0.39, 0.29) is 11.7 Å². The zero-order chi connectivity index (χ0) is 11.3. The van der Waals surface area contributed by atoms with Gasteiger partial charge in [0.2, 0.25) is 5.91 Å². The second-order valence-corrected chi connectivity index (χ2v) is 3.10. The summed E-state index contributed by atoms with van der Waals surface area (Å²) in [6.07, 6.45) is 0.454. The fourth-order valence-electron chi connectivity index (χ4n) is 1.13. The number of amides is 1. The first-order valence-electron chi connectivity index (χ1n) is 4.67. The van der Waals surface area contributed by atoms with Crippen LogP contribution in [0.5, 0.6) is 5.75 Å². The van der Waals surface area contributed by atoms with Gasteiger partial charge in [0.25, 0.3) is 0 Å². The van der Waals surface area contributed by atoms with Crippen molar-refractivity contribution in [1.82, 2.24) is 0 Å². The van der Waals surface area contributed by atoms with Crippen LogP contribution < -0.4 is 5.32 Å². The molecule has 0 radical (unpaired) electrons. The van der Waals surface area contributed by atoms with Gasteiger partial charge in [0, 0.05) is 0 Å². The molecule has 0 bridgehead atoms. The van der Waals surface area contributed by atoms with Gasteiger partial charge in [-0.1, -0.05) is 19.1 Å². The lowest BCUT2D eigenvalue weighted by Gasteiger charge is -2.09. The normalized spacial score (nSPS) is 11.5. The number of phenols is 1. The fraction of sp³-hybridized carbons (Fsp3) is 0.273. The van der Waals surface area contributed by atoms with Crippen LogP contribution in [0, 0.1) is 17.2 Å². The number of phenolic OH excluding ortho intramolecular Hbond substituents is 1. The highest BCUT2D eigenvalue weighted by Gasteiger charge is 2.16. The van der Waals surface area contributed by atoms with E-state index < -0.39 is 5.92 Å². The van der Waals surface area contributed by atoms with Gasteiger partial charge >= 0.3 is 0 Å². The summed E-state index contributed by atoms with van der Waals surface area (Å²) >= 11 is 0. The van der Waals surface area contributed by atoms with Gasteiger partial charge < -0.3 is 10.4 Å². The minimum Gasteiger partial charge on any atom is -0.506 e. The highest BCUT2D eigenvalue weighted by Crippen LogP contribution is 2.22. The van der Waals surface area contributed by atoms with Gasteiger partial charge in [0.1, 0.15) is 11.7 Å². The molecule has 1 unspecified atom stereocenters. The van der Waals surface area contributed by atoms with E-state index in [0.29, 0.717) is 12.1 Å². The van der Waals surface area contributed by atoms with Crippen LogP contribution in [0.2, 0.25) is 0 Å². The van der Waals surface area contributed by atoms with Gasteiger partial charge in [0.15, 0.2) is 0 Å². The SMILES string of the molecule is CCC(C#N)C(=O)Nc1ccccc1O. The van der Waals surface area contributed by atoms with Crippen molar-refractivity contribution < 1.29 is 9.90 Å². The van der Waals surface area contributed by atoms with Crippen LogP contribution in [0.1, 0.15) is 13.3 Å². The van der Waals surface area contributed by atoms with Crippen molar-refractivity contribution in [3.63, 3.8) is 0 Å². The van der Waals surface area contributed by atoms with Crippen LogP contribution in [0.4, 0.5) is 5.69 Å². The number of rotatable bonds is 3. The van der Waals surface area contributed by atoms with E-state index in [9.17, 15) is 9.90 Å². The van der Waals surface area contributed by atoms with Crippen molar-refractivity contribution >= 4 is 11.6 Å². The van der Waals surface area contributed by atoms with Crippen LogP contribution in [-0.2, 0) is 4.79 Å². The van der Waals surface area contributed by atoms with Crippen molar-refractivity contribution in [2.75, 3.05) is 5.32 Å². The number of hydrogen-bond donors (Lipinski definition) is 2. The quantitative estimate of drug-likeness (QED) is 0.738. The Morgan fingerprint density at radius 1 is 1.60 bits per heavy atom. The Morgan fingerprint density at radius 3 is 2.80 bits per heavy atom. The average Bonchev–Trinajstić information content (AvgIpc) is 2.23. The molecule has 0 aliphatic carbocycles. The van der Waals surface area contributed by atoms with E-state index in [0.717, 1.165) is 0 Å². The first-order chi connectivity index (χ1) is 7.19. The monoisotopic (exact) mass is 204 g/mol. The second kappa shape index (κ2) is 5.01. The Labute approximate surface area is 88.2 Å². The molecular weight excluding hydrogens is 192 g/mol. The van der Waals surface area contributed by atoms with E-state index >= 15 is 0 Å². The summed E-state index contributed by atoms with van der Waals surface area (Å²) in [7, 11) is 0. The van der Waals surface area contributed by atoms with E-state index in [1.807, 2.05) is 6.07 Å². The van der Waals surface area contributed by atoms with Gasteiger partial charge in [-0.25, -0.2) is 0 Å². The summed E-state index contributed by atoms with van der Waals surface area (Å²) < 4.78 is 0. The van der Waals surface area contributed by atoms with Crippen molar-refractivity contribution in [3.8, 4) is 11.8 Å². The Bertz CT molecular complexity index is 396. The van der Waals surface area contributed by atoms with Gasteiger partial charge in [-0.15, -0.1) is 0 Å². The molecule has 0 aromatic heterocycles. The zero-order valence-electron chi connectivity index (χ0n) is 8.40. The fourth-order valence-corrected chi connectivity index (χ4v) is 1.13. The lowest BCUT2D eigenvalue weighted by atomic mass is 10.1. The predicted molar refractivity (Wildman–Crippen MR) is 56.1 cm³/mol. The Kier molecular flexibility index (Phi) is 3.69. The maximum atomic E-state index is 11.5. The first-order valence-corrected chi connectivity index (χ1v) is 4.67. The van der Waals surface area contributed by atoms with Crippen molar-refractivity contribution in [3.05, 3.63) is 24.3 Å². The Hall–Kier alpha value is -2.02. The van der Waals surface area contributed by atoms with Gasteiger partial charge in [-0.3, -0.25) is 4.79 Å². The van der Waals surface area contributed by atoms with Crippen LogP contribution in [-0.4, -0.2) is 11.0 Å². The molecule has 15 heavy (non-hydrogen) atoms. The molecule has 1 amide bonds. The number of nitriles is 1. The van der Waals surface area contributed by atoms with E-state index in [4.69, 9.17) is 5.26 Å². The average molecular weight is 204 g/mol. The molecule has 0 aliphatic rings. The maximum absolute atomic E-state index is 11.5. The topological polar surface area (TPSA) is 73.1 Å². The largest absolute Gasteiger partial charge is 0.506 e. The highest BCUT2D eigenvalue weighted by atomic mass is 16.3. The molecule has 2 N–H and O–H groups in total. The minimum atomic E-state index is -0.676. The Balaban J connectivity index is 2.75. The number of hydrogen-bond acceptors (Lipinski definition) is 3. The third-order valence-corrected chi connectivity index (χ3v) is 2.04. The number of anilines is 1. The summed E-state index contributed by atoms with van der Waals surface area (Å²) in [6, 6.07) is 8.31. The van der Waals surface area contributed by atoms with Crippen LogP contribution in [0.3, 0.4) is 0 Å². The molecule has 4 nitrogen and oxygen atoms in total. The molecule has 1 atom stereocenters. The standard InChI is InChI=1S/C11H12N2O2/c1-2-8(7-12)11(15)13-9-5-3-4-6-10(9)14/h3-6,8,14H,2H2,1H3,(H,13,15). The van der Waals surface area contributed by atoms with Gasteiger partial charge in [0.05, 0.1) is 11.8 Å². The lowest BCUT2D eigenvalue weighted by Crippen LogP contribution is -2.20. The molecule has 1 aromatic rings. The smallest absolute Gasteiger partial charge is 0.241 e. The molecule has 0 saturated heterocycles. The number of benzene rings is 1. The summed E-state index contributed by atoms with van der Waals surface area (Å²) in [5.74, 6) is -1.07. The number of nitrogens with one attached hydrogen (secondary N) is 1. The number of para-hydroxylation sites is 2. The third kappa shape index (κ3) is 2.71. The predicted octanol–water partition coefficient (Wildman–Crippen LogP) is 1.88.